The zero-order chi connectivity index (χ0) is 16.6. The third-order valence-electron chi connectivity index (χ3n) is 3.82. The number of rotatable bonds is 3. The molecule has 0 N–H and O–H groups in total. The van der Waals surface area contributed by atoms with E-state index in [9.17, 15) is 9.59 Å². The first-order valence-corrected chi connectivity index (χ1v) is 8.01. The standard InChI is InChI=1S/C16H23N3O4/c1-16(2,3)23-15(21)18-6-7-22-13(10-18)14(20)11-8-17-19(9-11)12-4-5-12/h8-9,12-13H,4-7,10H2,1-3H3/t13-/m1/s1. The van der Waals surface area contributed by atoms with Crippen molar-refractivity contribution in [2.45, 2.75) is 51.4 Å². The zero-order valence-corrected chi connectivity index (χ0v) is 13.8. The van der Waals surface area contributed by atoms with E-state index in [1.54, 1.807) is 12.4 Å². The number of ether oxygens (including phenoxy) is 2. The zero-order valence-electron chi connectivity index (χ0n) is 13.8. The van der Waals surface area contributed by atoms with Crippen molar-refractivity contribution in [3.05, 3.63) is 18.0 Å². The van der Waals surface area contributed by atoms with Crippen LogP contribution in [0.1, 0.15) is 50.0 Å². The lowest BCUT2D eigenvalue weighted by Crippen LogP contribution is -2.49. The Morgan fingerprint density at radius 2 is 2.09 bits per heavy atom. The van der Waals surface area contributed by atoms with Gasteiger partial charge in [-0.15, -0.1) is 0 Å². The van der Waals surface area contributed by atoms with Crippen LogP contribution in [-0.2, 0) is 9.47 Å². The van der Waals surface area contributed by atoms with Gasteiger partial charge in [0.1, 0.15) is 11.7 Å². The van der Waals surface area contributed by atoms with Crippen LogP contribution >= 0.6 is 0 Å². The smallest absolute Gasteiger partial charge is 0.410 e. The van der Waals surface area contributed by atoms with Crippen LogP contribution in [0.2, 0.25) is 0 Å². The molecule has 0 spiro atoms. The van der Waals surface area contributed by atoms with Crippen LogP contribution in [0.4, 0.5) is 4.79 Å². The Morgan fingerprint density at radius 1 is 1.35 bits per heavy atom. The van der Waals surface area contributed by atoms with Crippen LogP contribution < -0.4 is 0 Å². The van der Waals surface area contributed by atoms with Crippen molar-refractivity contribution in [2.24, 2.45) is 0 Å². The van der Waals surface area contributed by atoms with E-state index in [1.807, 2.05) is 25.5 Å². The second-order valence-electron chi connectivity index (χ2n) is 7.09. The van der Waals surface area contributed by atoms with Gasteiger partial charge in [0.25, 0.3) is 0 Å². The van der Waals surface area contributed by atoms with Gasteiger partial charge in [0.05, 0.1) is 31.0 Å². The molecule has 126 valence electrons. The van der Waals surface area contributed by atoms with Gasteiger partial charge in [0, 0.05) is 12.7 Å². The van der Waals surface area contributed by atoms with E-state index in [0.717, 1.165) is 12.8 Å². The average Bonchev–Trinajstić information content (AvgIpc) is 3.22. The van der Waals surface area contributed by atoms with Crippen molar-refractivity contribution in [3.63, 3.8) is 0 Å². The average molecular weight is 321 g/mol. The molecule has 0 bridgehead atoms. The number of Topliss-reactive ketones (excluding diaryl/α,β-unsaturated/α-hetero) is 1. The molecule has 1 aliphatic carbocycles. The maximum atomic E-state index is 12.6. The number of hydrogen-bond acceptors (Lipinski definition) is 5. The van der Waals surface area contributed by atoms with Gasteiger partial charge in [0.2, 0.25) is 0 Å². The minimum Gasteiger partial charge on any atom is -0.444 e. The van der Waals surface area contributed by atoms with Crippen LogP contribution in [0.5, 0.6) is 0 Å². The molecule has 1 aliphatic heterocycles. The van der Waals surface area contributed by atoms with E-state index in [-0.39, 0.29) is 12.3 Å². The maximum Gasteiger partial charge on any atom is 0.410 e. The third-order valence-corrected chi connectivity index (χ3v) is 3.82. The number of nitrogens with zero attached hydrogens (tertiary/aromatic N) is 3. The second-order valence-corrected chi connectivity index (χ2v) is 7.09. The van der Waals surface area contributed by atoms with Crippen molar-refractivity contribution in [3.8, 4) is 0 Å². The molecule has 1 saturated heterocycles. The summed E-state index contributed by atoms with van der Waals surface area (Å²) in [7, 11) is 0. The number of ketones is 1. The molecule has 7 nitrogen and oxygen atoms in total. The summed E-state index contributed by atoms with van der Waals surface area (Å²) < 4.78 is 12.7. The number of hydrogen-bond donors (Lipinski definition) is 0. The summed E-state index contributed by atoms with van der Waals surface area (Å²) in [5.41, 5.74) is -0.0201. The summed E-state index contributed by atoms with van der Waals surface area (Å²) in [5.74, 6) is -0.134. The molecule has 0 aromatic carbocycles. The molecule has 1 atom stereocenters. The molecule has 7 heteroatoms. The van der Waals surface area contributed by atoms with E-state index < -0.39 is 17.8 Å². The topological polar surface area (TPSA) is 73.7 Å². The first kappa shape index (κ1) is 16.0. The fraction of sp³-hybridized carbons (Fsp3) is 0.688. The Kier molecular flexibility index (Phi) is 4.14. The van der Waals surface area contributed by atoms with Crippen molar-refractivity contribution in [2.75, 3.05) is 19.7 Å². The van der Waals surface area contributed by atoms with Gasteiger partial charge in [-0.25, -0.2) is 4.79 Å². The summed E-state index contributed by atoms with van der Waals surface area (Å²) in [5, 5.41) is 4.23. The van der Waals surface area contributed by atoms with Gasteiger partial charge in [-0.3, -0.25) is 9.48 Å². The molecule has 1 amide bonds. The lowest BCUT2D eigenvalue weighted by molar-refractivity contribution is -0.0321. The Morgan fingerprint density at radius 3 is 2.74 bits per heavy atom. The number of carbonyl (C=O) groups is 2. The van der Waals surface area contributed by atoms with Crippen molar-refractivity contribution in [1.82, 2.24) is 14.7 Å². The Balaban J connectivity index is 1.62. The number of aromatic nitrogens is 2. The highest BCUT2D eigenvalue weighted by atomic mass is 16.6. The van der Waals surface area contributed by atoms with Crippen molar-refractivity contribution >= 4 is 11.9 Å². The SMILES string of the molecule is CC(C)(C)OC(=O)N1CCO[C@@H](C(=O)c2cnn(C3CC3)c2)C1. The van der Waals surface area contributed by atoms with Crippen LogP contribution in [-0.4, -0.2) is 58.0 Å². The first-order chi connectivity index (χ1) is 10.8. The molecule has 0 radical (unpaired) electrons. The molecule has 2 fully saturated rings. The minimum absolute atomic E-state index is 0.134. The lowest BCUT2D eigenvalue weighted by atomic mass is 10.1. The monoisotopic (exact) mass is 321 g/mol. The van der Waals surface area contributed by atoms with Gasteiger partial charge >= 0.3 is 6.09 Å². The summed E-state index contributed by atoms with van der Waals surface area (Å²) in [6.45, 7) is 6.43. The number of amides is 1. The quantitative estimate of drug-likeness (QED) is 0.797. The first-order valence-electron chi connectivity index (χ1n) is 8.01. The van der Waals surface area contributed by atoms with Gasteiger partial charge in [-0.05, 0) is 33.6 Å². The molecular weight excluding hydrogens is 298 g/mol. The van der Waals surface area contributed by atoms with E-state index in [4.69, 9.17) is 9.47 Å². The second kappa shape index (κ2) is 5.96. The van der Waals surface area contributed by atoms with Crippen molar-refractivity contribution < 1.29 is 19.1 Å². The largest absolute Gasteiger partial charge is 0.444 e. The molecule has 1 aromatic heterocycles. The van der Waals surface area contributed by atoms with Crippen molar-refractivity contribution in [1.29, 1.82) is 0 Å². The summed E-state index contributed by atoms with van der Waals surface area (Å²) in [6, 6.07) is 0.432. The number of carbonyl (C=O) groups excluding carboxylic acids is 2. The Hall–Kier alpha value is -1.89. The van der Waals surface area contributed by atoms with Gasteiger partial charge < -0.3 is 14.4 Å². The predicted molar refractivity (Wildman–Crippen MR) is 82.4 cm³/mol. The lowest BCUT2D eigenvalue weighted by Gasteiger charge is -2.33. The van der Waals surface area contributed by atoms with Crippen LogP contribution in [0.25, 0.3) is 0 Å². The minimum atomic E-state index is -0.659. The Bertz CT molecular complexity index is 601. The highest BCUT2D eigenvalue weighted by Crippen LogP contribution is 2.34. The number of morpholine rings is 1. The molecule has 0 unspecified atom stereocenters. The van der Waals surface area contributed by atoms with E-state index in [0.29, 0.717) is 24.8 Å². The molecule has 23 heavy (non-hydrogen) atoms. The van der Waals surface area contributed by atoms with Crippen LogP contribution in [0, 0.1) is 0 Å². The fourth-order valence-corrected chi connectivity index (χ4v) is 2.49. The molecule has 2 heterocycles. The summed E-state index contributed by atoms with van der Waals surface area (Å²) in [4.78, 5) is 26.2. The molecule has 3 rings (SSSR count). The highest BCUT2D eigenvalue weighted by molar-refractivity contribution is 5.99. The summed E-state index contributed by atoms with van der Waals surface area (Å²) >= 11 is 0. The van der Waals surface area contributed by atoms with Gasteiger partial charge in [0.15, 0.2) is 5.78 Å². The fourth-order valence-electron chi connectivity index (χ4n) is 2.49. The molecule has 1 aromatic rings. The maximum absolute atomic E-state index is 12.6. The normalized spacial score (nSPS) is 22.0. The van der Waals surface area contributed by atoms with E-state index in [2.05, 4.69) is 5.10 Å². The molecule has 2 aliphatic rings. The molecule has 1 saturated carbocycles. The molecular formula is C16H23N3O4. The van der Waals surface area contributed by atoms with Gasteiger partial charge in [-0.1, -0.05) is 0 Å². The van der Waals surface area contributed by atoms with Crippen LogP contribution in [0.3, 0.4) is 0 Å². The third kappa shape index (κ3) is 3.90. The van der Waals surface area contributed by atoms with Crippen LogP contribution in [0.15, 0.2) is 12.4 Å². The van der Waals surface area contributed by atoms with E-state index in [1.165, 1.54) is 4.90 Å². The van der Waals surface area contributed by atoms with Gasteiger partial charge in [-0.2, -0.15) is 5.10 Å². The van der Waals surface area contributed by atoms with E-state index >= 15 is 0 Å². The Labute approximate surface area is 135 Å². The predicted octanol–water partition coefficient (Wildman–Crippen LogP) is 2.04. The highest BCUT2D eigenvalue weighted by Gasteiger charge is 2.33. The summed E-state index contributed by atoms with van der Waals surface area (Å²) in [6.07, 6.45) is 4.51.